The van der Waals surface area contributed by atoms with E-state index in [1.807, 2.05) is 7.05 Å². The number of Topliss-reactive ketones (excluding diaryl/α,β-unsaturated/α-hetero) is 1. The summed E-state index contributed by atoms with van der Waals surface area (Å²) in [5.41, 5.74) is 6.86. The number of halogens is 1. The molecule has 0 spiro atoms. The van der Waals surface area contributed by atoms with Gasteiger partial charge in [0.1, 0.15) is 5.82 Å². The van der Waals surface area contributed by atoms with Crippen LogP contribution in [0.3, 0.4) is 0 Å². The monoisotopic (exact) mass is 385 g/mol. The zero-order valence-corrected chi connectivity index (χ0v) is 15.8. The molecule has 0 aliphatic carbocycles. The summed E-state index contributed by atoms with van der Waals surface area (Å²) in [5, 5.41) is 0. The molecule has 1 fully saturated rings. The number of nitrogens with zero attached hydrogens (tertiary/aromatic N) is 4. The molecule has 0 radical (unpaired) electrons. The summed E-state index contributed by atoms with van der Waals surface area (Å²) in [5.74, 6) is -0.611. The van der Waals surface area contributed by atoms with Crippen LogP contribution in [0.2, 0.25) is 0 Å². The van der Waals surface area contributed by atoms with Crippen molar-refractivity contribution in [2.75, 3.05) is 44.7 Å². The highest BCUT2D eigenvalue weighted by Crippen LogP contribution is 2.20. The van der Waals surface area contributed by atoms with E-state index in [4.69, 9.17) is 5.73 Å². The van der Waals surface area contributed by atoms with E-state index in [9.17, 15) is 14.0 Å². The Morgan fingerprint density at radius 3 is 2.54 bits per heavy atom. The number of amides is 2. The zero-order valence-electron chi connectivity index (χ0n) is 15.8. The minimum Gasteiger partial charge on any atom is -0.324 e. The average Bonchev–Trinajstić information content (AvgIpc) is 2.72. The highest BCUT2D eigenvalue weighted by Gasteiger charge is 2.26. The van der Waals surface area contributed by atoms with Crippen molar-refractivity contribution in [2.24, 2.45) is 5.73 Å². The van der Waals surface area contributed by atoms with Crippen molar-refractivity contribution in [3.63, 3.8) is 0 Å². The van der Waals surface area contributed by atoms with E-state index < -0.39 is 5.82 Å². The van der Waals surface area contributed by atoms with Crippen LogP contribution in [0, 0.1) is 5.82 Å². The molecule has 8 heteroatoms. The predicted molar refractivity (Wildman–Crippen MR) is 105 cm³/mol. The van der Waals surface area contributed by atoms with Crippen molar-refractivity contribution in [1.82, 2.24) is 14.8 Å². The number of likely N-dealkylation sites (N-methyl/N-ethyl adjacent to an activating group) is 1. The summed E-state index contributed by atoms with van der Waals surface area (Å²) in [6.45, 7) is 2.88. The van der Waals surface area contributed by atoms with Crippen LogP contribution >= 0.6 is 0 Å². The number of pyridine rings is 1. The molecule has 28 heavy (non-hydrogen) atoms. The number of hydrogen-bond donors (Lipinski definition) is 1. The summed E-state index contributed by atoms with van der Waals surface area (Å²) in [7, 11) is 2.01. The third-order valence-corrected chi connectivity index (χ3v) is 4.78. The average molecular weight is 385 g/mol. The number of benzene rings is 1. The Labute approximate surface area is 163 Å². The van der Waals surface area contributed by atoms with Crippen LogP contribution in [0.15, 0.2) is 42.6 Å². The van der Waals surface area contributed by atoms with Gasteiger partial charge in [-0.15, -0.1) is 0 Å². The van der Waals surface area contributed by atoms with Crippen LogP contribution in [0.1, 0.15) is 16.1 Å². The van der Waals surface area contributed by atoms with E-state index in [0.29, 0.717) is 30.0 Å². The standard InChI is InChI=1S/C20H24FN5O2/c1-24-7-9-25(10-8-24)20(28)26(18-4-2-3-16(21)11-18)14-17-6-5-15(13-23-17)19(27)12-22/h2-6,11,13H,7-10,12,14,22H2,1H3. The minimum absolute atomic E-state index is 0.0850. The van der Waals surface area contributed by atoms with Crippen LogP contribution in [0.4, 0.5) is 14.9 Å². The number of carbonyl (C=O) groups is 2. The Kier molecular flexibility index (Phi) is 6.33. The molecule has 2 heterocycles. The molecule has 0 bridgehead atoms. The molecule has 1 aromatic carbocycles. The number of urea groups is 1. The lowest BCUT2D eigenvalue weighted by atomic mass is 10.1. The Morgan fingerprint density at radius 1 is 1.18 bits per heavy atom. The summed E-state index contributed by atoms with van der Waals surface area (Å²) < 4.78 is 13.8. The molecular formula is C20H24FN5O2. The van der Waals surface area contributed by atoms with E-state index in [-0.39, 0.29) is 24.9 Å². The SMILES string of the molecule is CN1CCN(C(=O)N(Cc2ccc(C(=O)CN)cn2)c2cccc(F)c2)CC1. The molecule has 7 nitrogen and oxygen atoms in total. The van der Waals surface area contributed by atoms with Crippen molar-refractivity contribution in [2.45, 2.75) is 6.54 Å². The van der Waals surface area contributed by atoms with Gasteiger partial charge in [-0.1, -0.05) is 6.07 Å². The maximum atomic E-state index is 13.8. The van der Waals surface area contributed by atoms with Gasteiger partial charge in [0.2, 0.25) is 0 Å². The van der Waals surface area contributed by atoms with E-state index in [1.165, 1.54) is 23.2 Å². The molecule has 1 saturated heterocycles. The maximum Gasteiger partial charge on any atom is 0.324 e. The second-order valence-electron chi connectivity index (χ2n) is 6.80. The first kappa shape index (κ1) is 19.9. The first-order chi connectivity index (χ1) is 13.5. The number of carbonyl (C=O) groups excluding carboxylic acids is 2. The molecule has 1 aliphatic rings. The number of piperazine rings is 1. The van der Waals surface area contributed by atoms with E-state index in [2.05, 4.69) is 9.88 Å². The summed E-state index contributed by atoms with van der Waals surface area (Å²) in [6.07, 6.45) is 1.45. The van der Waals surface area contributed by atoms with Crippen LogP contribution in [0.5, 0.6) is 0 Å². The number of ketones is 1. The van der Waals surface area contributed by atoms with Crippen molar-refractivity contribution in [1.29, 1.82) is 0 Å². The Morgan fingerprint density at radius 2 is 1.93 bits per heavy atom. The predicted octanol–water partition coefficient (Wildman–Crippen LogP) is 1.74. The number of aromatic nitrogens is 1. The summed E-state index contributed by atoms with van der Waals surface area (Å²) in [6, 6.07) is 9.08. The quantitative estimate of drug-likeness (QED) is 0.793. The van der Waals surface area contributed by atoms with Crippen molar-refractivity contribution >= 4 is 17.5 Å². The zero-order chi connectivity index (χ0) is 20.1. The first-order valence-corrected chi connectivity index (χ1v) is 9.16. The normalized spacial score (nSPS) is 14.8. The van der Waals surface area contributed by atoms with E-state index >= 15 is 0 Å². The topological polar surface area (TPSA) is 82.8 Å². The fourth-order valence-electron chi connectivity index (χ4n) is 3.04. The lowest BCUT2D eigenvalue weighted by Crippen LogP contribution is -2.52. The van der Waals surface area contributed by atoms with Gasteiger partial charge in [-0.25, -0.2) is 9.18 Å². The third kappa shape index (κ3) is 4.71. The highest BCUT2D eigenvalue weighted by atomic mass is 19.1. The van der Waals surface area contributed by atoms with Crippen LogP contribution < -0.4 is 10.6 Å². The van der Waals surface area contributed by atoms with Gasteiger partial charge >= 0.3 is 6.03 Å². The fourth-order valence-corrected chi connectivity index (χ4v) is 3.04. The van der Waals surface area contributed by atoms with Gasteiger partial charge in [0.25, 0.3) is 0 Å². The molecule has 1 aromatic heterocycles. The number of hydrogen-bond acceptors (Lipinski definition) is 5. The second kappa shape index (κ2) is 8.90. The van der Waals surface area contributed by atoms with Crippen LogP contribution in [-0.4, -0.2) is 66.4 Å². The van der Waals surface area contributed by atoms with Gasteiger partial charge in [-0.3, -0.25) is 14.7 Å². The van der Waals surface area contributed by atoms with E-state index in [0.717, 1.165) is 13.1 Å². The van der Waals surface area contributed by atoms with Gasteiger partial charge < -0.3 is 15.5 Å². The minimum atomic E-state index is -0.412. The molecule has 2 aromatic rings. The Balaban J connectivity index is 1.84. The molecule has 0 saturated carbocycles. The molecule has 0 unspecified atom stereocenters. The summed E-state index contributed by atoms with van der Waals surface area (Å²) >= 11 is 0. The molecule has 3 rings (SSSR count). The maximum absolute atomic E-state index is 13.8. The lowest BCUT2D eigenvalue weighted by molar-refractivity contribution is 0.100. The molecule has 1 aliphatic heterocycles. The molecule has 0 atom stereocenters. The number of nitrogens with two attached hydrogens (primary N) is 1. The van der Waals surface area contributed by atoms with Crippen molar-refractivity contribution in [3.8, 4) is 0 Å². The van der Waals surface area contributed by atoms with Crippen molar-refractivity contribution in [3.05, 3.63) is 59.7 Å². The molecule has 2 N–H and O–H groups in total. The third-order valence-electron chi connectivity index (χ3n) is 4.78. The van der Waals surface area contributed by atoms with Crippen LogP contribution in [-0.2, 0) is 6.54 Å². The van der Waals surface area contributed by atoms with Gasteiger partial charge in [0.15, 0.2) is 5.78 Å². The Hall–Kier alpha value is -2.84. The van der Waals surface area contributed by atoms with Crippen LogP contribution in [0.25, 0.3) is 0 Å². The molecular weight excluding hydrogens is 361 g/mol. The van der Waals surface area contributed by atoms with Gasteiger partial charge in [0, 0.05) is 43.6 Å². The fraction of sp³-hybridized carbons (Fsp3) is 0.350. The van der Waals surface area contributed by atoms with Gasteiger partial charge in [-0.2, -0.15) is 0 Å². The van der Waals surface area contributed by atoms with Gasteiger partial charge in [0.05, 0.1) is 18.8 Å². The van der Waals surface area contributed by atoms with Gasteiger partial charge in [-0.05, 0) is 37.4 Å². The highest BCUT2D eigenvalue weighted by molar-refractivity contribution is 5.97. The smallest absolute Gasteiger partial charge is 0.324 e. The lowest BCUT2D eigenvalue weighted by Gasteiger charge is -2.36. The number of rotatable bonds is 5. The molecule has 148 valence electrons. The number of anilines is 1. The summed E-state index contributed by atoms with van der Waals surface area (Å²) in [4.78, 5) is 34.5. The largest absolute Gasteiger partial charge is 0.324 e. The Bertz CT molecular complexity index is 835. The van der Waals surface area contributed by atoms with Crippen molar-refractivity contribution < 1.29 is 14.0 Å². The second-order valence-corrected chi connectivity index (χ2v) is 6.80. The van der Waals surface area contributed by atoms with E-state index in [1.54, 1.807) is 29.2 Å². The molecule has 2 amide bonds. The first-order valence-electron chi connectivity index (χ1n) is 9.16.